The maximum absolute atomic E-state index is 5.26. The zero-order valence-electron chi connectivity index (χ0n) is 8.60. The van der Waals surface area contributed by atoms with Crippen LogP contribution in [-0.4, -0.2) is 31.1 Å². The summed E-state index contributed by atoms with van der Waals surface area (Å²) in [4.78, 5) is 2.37. The van der Waals surface area contributed by atoms with Crippen molar-refractivity contribution in [2.75, 3.05) is 26.2 Å². The molecule has 0 N–H and O–H groups in total. The van der Waals surface area contributed by atoms with Crippen molar-refractivity contribution < 1.29 is 4.74 Å². The SMILES string of the molecule is C=C(CCN(CC)CC)OCC. The van der Waals surface area contributed by atoms with Crippen molar-refractivity contribution >= 4 is 0 Å². The molecule has 0 spiro atoms. The molecule has 0 unspecified atom stereocenters. The van der Waals surface area contributed by atoms with Crippen molar-refractivity contribution in [1.82, 2.24) is 4.90 Å². The number of ether oxygens (including phenoxy) is 1. The van der Waals surface area contributed by atoms with Gasteiger partial charge >= 0.3 is 0 Å². The van der Waals surface area contributed by atoms with E-state index >= 15 is 0 Å². The Morgan fingerprint density at radius 1 is 1.25 bits per heavy atom. The lowest BCUT2D eigenvalue weighted by molar-refractivity contribution is 0.204. The molecule has 2 nitrogen and oxygen atoms in total. The summed E-state index contributed by atoms with van der Waals surface area (Å²) in [5, 5.41) is 0. The molecule has 0 aromatic rings. The van der Waals surface area contributed by atoms with Crippen molar-refractivity contribution in [2.24, 2.45) is 0 Å². The minimum atomic E-state index is 0.733. The van der Waals surface area contributed by atoms with Gasteiger partial charge in [-0.25, -0.2) is 0 Å². The van der Waals surface area contributed by atoms with Gasteiger partial charge in [0.25, 0.3) is 0 Å². The largest absolute Gasteiger partial charge is 0.499 e. The van der Waals surface area contributed by atoms with Crippen LogP contribution in [0.3, 0.4) is 0 Å². The Balaban J connectivity index is 3.44. The van der Waals surface area contributed by atoms with E-state index in [0.717, 1.165) is 38.4 Å². The highest BCUT2D eigenvalue weighted by atomic mass is 16.5. The Labute approximate surface area is 76.2 Å². The van der Waals surface area contributed by atoms with Crippen LogP contribution < -0.4 is 0 Å². The number of nitrogens with zero attached hydrogens (tertiary/aromatic N) is 1. The fourth-order valence-electron chi connectivity index (χ4n) is 1.10. The first-order chi connectivity index (χ1) is 5.74. The maximum atomic E-state index is 5.26. The fraction of sp³-hybridized carbons (Fsp3) is 0.800. The topological polar surface area (TPSA) is 12.5 Å². The highest BCUT2D eigenvalue weighted by Crippen LogP contribution is 2.01. The average Bonchev–Trinajstić information content (AvgIpc) is 2.07. The van der Waals surface area contributed by atoms with E-state index in [9.17, 15) is 0 Å². The monoisotopic (exact) mass is 171 g/mol. The van der Waals surface area contributed by atoms with Gasteiger partial charge in [-0.3, -0.25) is 0 Å². The summed E-state index contributed by atoms with van der Waals surface area (Å²) < 4.78 is 5.26. The van der Waals surface area contributed by atoms with E-state index in [1.165, 1.54) is 0 Å². The molecule has 0 aliphatic rings. The predicted octanol–water partition coefficient (Wildman–Crippen LogP) is 2.27. The van der Waals surface area contributed by atoms with Gasteiger partial charge < -0.3 is 9.64 Å². The molecule has 0 aromatic heterocycles. The Kier molecular flexibility index (Phi) is 6.87. The Hall–Kier alpha value is -0.500. The van der Waals surface area contributed by atoms with Crippen LogP contribution >= 0.6 is 0 Å². The van der Waals surface area contributed by atoms with Gasteiger partial charge in [-0.15, -0.1) is 0 Å². The van der Waals surface area contributed by atoms with E-state index in [2.05, 4.69) is 25.3 Å². The first kappa shape index (κ1) is 11.5. The highest BCUT2D eigenvalue weighted by molar-refractivity contribution is 4.82. The zero-order chi connectivity index (χ0) is 9.40. The van der Waals surface area contributed by atoms with Crippen LogP contribution in [0.2, 0.25) is 0 Å². The van der Waals surface area contributed by atoms with Crippen molar-refractivity contribution in [3.05, 3.63) is 12.3 Å². The Morgan fingerprint density at radius 3 is 2.25 bits per heavy atom. The molecule has 0 heterocycles. The first-order valence-electron chi connectivity index (χ1n) is 4.77. The van der Waals surface area contributed by atoms with Gasteiger partial charge in [0, 0.05) is 13.0 Å². The molecule has 12 heavy (non-hydrogen) atoms. The van der Waals surface area contributed by atoms with Gasteiger partial charge in [0.05, 0.1) is 12.4 Å². The molecule has 0 radical (unpaired) electrons. The van der Waals surface area contributed by atoms with Crippen molar-refractivity contribution in [2.45, 2.75) is 27.2 Å². The molecule has 0 aliphatic carbocycles. The summed E-state index contributed by atoms with van der Waals surface area (Å²) in [7, 11) is 0. The van der Waals surface area contributed by atoms with Crippen LogP contribution in [0.15, 0.2) is 12.3 Å². The third-order valence-corrected chi connectivity index (χ3v) is 1.95. The molecular formula is C10H21NO. The molecule has 72 valence electrons. The van der Waals surface area contributed by atoms with Gasteiger partial charge in [0.2, 0.25) is 0 Å². The Bertz CT molecular complexity index is 119. The van der Waals surface area contributed by atoms with Crippen LogP contribution in [0, 0.1) is 0 Å². The lowest BCUT2D eigenvalue weighted by Gasteiger charge is -2.18. The molecule has 0 fully saturated rings. The molecule has 0 aliphatic heterocycles. The molecule has 0 rings (SSSR count). The van der Waals surface area contributed by atoms with Crippen molar-refractivity contribution in [1.29, 1.82) is 0 Å². The standard InChI is InChI=1S/C10H21NO/c1-5-11(6-2)9-8-10(4)12-7-3/h4-9H2,1-3H3. The molecule has 0 saturated heterocycles. The fourth-order valence-corrected chi connectivity index (χ4v) is 1.10. The maximum Gasteiger partial charge on any atom is 0.0900 e. The number of rotatable bonds is 7. The third kappa shape index (κ3) is 5.19. The summed E-state index contributed by atoms with van der Waals surface area (Å²) in [5.74, 6) is 0.907. The van der Waals surface area contributed by atoms with Crippen LogP contribution in [-0.2, 0) is 4.74 Å². The van der Waals surface area contributed by atoms with E-state index < -0.39 is 0 Å². The zero-order valence-corrected chi connectivity index (χ0v) is 8.60. The first-order valence-corrected chi connectivity index (χ1v) is 4.77. The minimum Gasteiger partial charge on any atom is -0.499 e. The molecule has 2 heteroatoms. The third-order valence-electron chi connectivity index (χ3n) is 1.95. The van der Waals surface area contributed by atoms with E-state index in [1.807, 2.05) is 6.92 Å². The van der Waals surface area contributed by atoms with Crippen LogP contribution in [0.1, 0.15) is 27.2 Å². The molecular weight excluding hydrogens is 150 g/mol. The van der Waals surface area contributed by atoms with E-state index in [0.29, 0.717) is 0 Å². The normalized spacial score (nSPS) is 10.3. The molecule has 0 atom stereocenters. The number of hydrogen-bond donors (Lipinski definition) is 0. The molecule has 0 aromatic carbocycles. The van der Waals surface area contributed by atoms with Gasteiger partial charge in [-0.05, 0) is 20.0 Å². The summed E-state index contributed by atoms with van der Waals surface area (Å²) in [5.41, 5.74) is 0. The molecule has 0 amide bonds. The lowest BCUT2D eigenvalue weighted by atomic mass is 10.3. The molecule has 0 saturated carbocycles. The van der Waals surface area contributed by atoms with E-state index in [-0.39, 0.29) is 0 Å². The van der Waals surface area contributed by atoms with Gasteiger partial charge in [0.15, 0.2) is 0 Å². The average molecular weight is 171 g/mol. The predicted molar refractivity (Wildman–Crippen MR) is 53.2 cm³/mol. The van der Waals surface area contributed by atoms with E-state index in [4.69, 9.17) is 4.74 Å². The lowest BCUT2D eigenvalue weighted by Crippen LogP contribution is -2.24. The minimum absolute atomic E-state index is 0.733. The van der Waals surface area contributed by atoms with Gasteiger partial charge in [-0.2, -0.15) is 0 Å². The second-order valence-corrected chi connectivity index (χ2v) is 2.75. The highest BCUT2D eigenvalue weighted by Gasteiger charge is 2.00. The van der Waals surface area contributed by atoms with E-state index in [1.54, 1.807) is 0 Å². The quantitative estimate of drug-likeness (QED) is 0.545. The van der Waals surface area contributed by atoms with Crippen molar-refractivity contribution in [3.8, 4) is 0 Å². The second kappa shape index (κ2) is 7.17. The Morgan fingerprint density at radius 2 is 1.83 bits per heavy atom. The summed E-state index contributed by atoms with van der Waals surface area (Å²) in [6.45, 7) is 14.2. The van der Waals surface area contributed by atoms with Gasteiger partial charge in [-0.1, -0.05) is 20.4 Å². The number of hydrogen-bond acceptors (Lipinski definition) is 2. The van der Waals surface area contributed by atoms with Crippen LogP contribution in [0.25, 0.3) is 0 Å². The second-order valence-electron chi connectivity index (χ2n) is 2.75. The van der Waals surface area contributed by atoms with Gasteiger partial charge in [0.1, 0.15) is 0 Å². The summed E-state index contributed by atoms with van der Waals surface area (Å²) in [6, 6.07) is 0. The van der Waals surface area contributed by atoms with Crippen LogP contribution in [0.5, 0.6) is 0 Å². The summed E-state index contributed by atoms with van der Waals surface area (Å²) >= 11 is 0. The van der Waals surface area contributed by atoms with Crippen LogP contribution in [0.4, 0.5) is 0 Å². The van der Waals surface area contributed by atoms with Crippen molar-refractivity contribution in [3.63, 3.8) is 0 Å². The summed E-state index contributed by atoms with van der Waals surface area (Å²) in [6.07, 6.45) is 0.954. The molecule has 0 bridgehead atoms. The smallest absolute Gasteiger partial charge is 0.0900 e.